The Morgan fingerprint density at radius 3 is 3.22 bits per heavy atom. The van der Waals surface area contributed by atoms with Crippen molar-refractivity contribution in [3.8, 4) is 5.75 Å². The first-order valence-corrected chi connectivity index (χ1v) is 6.24. The van der Waals surface area contributed by atoms with Gasteiger partial charge in [-0.2, -0.15) is 0 Å². The Morgan fingerprint density at radius 1 is 1.67 bits per heavy atom. The highest BCUT2D eigenvalue weighted by Crippen LogP contribution is 2.18. The van der Waals surface area contributed by atoms with Crippen LogP contribution in [0.1, 0.15) is 12.8 Å². The van der Waals surface area contributed by atoms with Crippen LogP contribution in [-0.4, -0.2) is 48.7 Å². The quantitative estimate of drug-likeness (QED) is 0.818. The molecule has 0 amide bonds. The van der Waals surface area contributed by atoms with Gasteiger partial charge in [0.1, 0.15) is 0 Å². The maximum atomic E-state index is 11.5. The largest absolute Gasteiger partial charge is 0.489 e. The lowest BCUT2D eigenvalue weighted by molar-refractivity contribution is 0.217. The van der Waals surface area contributed by atoms with E-state index in [1.165, 1.54) is 32.8 Å². The van der Waals surface area contributed by atoms with Crippen molar-refractivity contribution in [2.45, 2.75) is 12.8 Å². The van der Waals surface area contributed by atoms with Crippen LogP contribution in [0.25, 0.3) is 0 Å². The van der Waals surface area contributed by atoms with Crippen LogP contribution in [0.5, 0.6) is 5.75 Å². The van der Waals surface area contributed by atoms with Crippen LogP contribution in [0.4, 0.5) is 5.82 Å². The van der Waals surface area contributed by atoms with Crippen molar-refractivity contribution in [3.05, 3.63) is 16.7 Å². The van der Waals surface area contributed by atoms with Gasteiger partial charge in [0.05, 0.1) is 13.4 Å². The standard InChI is InChI=1S/C12H20N4O2/c1-16-5-3-4-9(7-16)6-13-11-10(18-2)12(17)15-8-14-11/h8-9H,3-7H2,1-2H3,(H2,13,14,15,17). The average Bonchev–Trinajstić information content (AvgIpc) is 2.36. The molecule has 1 atom stereocenters. The molecule has 2 N–H and O–H groups in total. The molecule has 1 aromatic rings. The van der Waals surface area contributed by atoms with E-state index in [0.29, 0.717) is 11.7 Å². The van der Waals surface area contributed by atoms with Gasteiger partial charge in [0, 0.05) is 13.1 Å². The van der Waals surface area contributed by atoms with Gasteiger partial charge in [-0.25, -0.2) is 4.98 Å². The van der Waals surface area contributed by atoms with Gasteiger partial charge < -0.3 is 19.9 Å². The van der Waals surface area contributed by atoms with E-state index in [-0.39, 0.29) is 11.3 Å². The molecule has 1 aromatic heterocycles. The number of methoxy groups -OCH3 is 1. The van der Waals surface area contributed by atoms with Crippen molar-refractivity contribution in [1.82, 2.24) is 14.9 Å². The number of rotatable bonds is 4. The molecule has 0 saturated carbocycles. The molecule has 0 radical (unpaired) electrons. The molecule has 2 rings (SSSR count). The number of hydrogen-bond donors (Lipinski definition) is 2. The second kappa shape index (κ2) is 5.86. The summed E-state index contributed by atoms with van der Waals surface area (Å²) in [7, 11) is 3.62. The Hall–Kier alpha value is -1.56. The molecule has 0 bridgehead atoms. The summed E-state index contributed by atoms with van der Waals surface area (Å²) >= 11 is 0. The molecule has 1 aliphatic rings. The van der Waals surface area contributed by atoms with Crippen LogP contribution in [-0.2, 0) is 0 Å². The van der Waals surface area contributed by atoms with Crippen molar-refractivity contribution in [2.75, 3.05) is 39.1 Å². The SMILES string of the molecule is COc1c(NCC2CCCN(C)C2)nc[nH]c1=O. The molecule has 100 valence electrons. The lowest BCUT2D eigenvalue weighted by Crippen LogP contribution is -2.35. The van der Waals surface area contributed by atoms with Crippen LogP contribution in [0.15, 0.2) is 11.1 Å². The van der Waals surface area contributed by atoms with Gasteiger partial charge in [-0.3, -0.25) is 4.79 Å². The lowest BCUT2D eigenvalue weighted by atomic mass is 9.98. The van der Waals surface area contributed by atoms with Crippen molar-refractivity contribution < 1.29 is 4.74 Å². The predicted molar refractivity (Wildman–Crippen MR) is 70.1 cm³/mol. The summed E-state index contributed by atoms with van der Waals surface area (Å²) in [6, 6.07) is 0. The summed E-state index contributed by atoms with van der Waals surface area (Å²) in [5.74, 6) is 1.37. The van der Waals surface area contributed by atoms with Gasteiger partial charge in [-0.05, 0) is 32.4 Å². The Morgan fingerprint density at radius 2 is 2.50 bits per heavy atom. The highest BCUT2D eigenvalue weighted by Gasteiger charge is 2.18. The first-order valence-electron chi connectivity index (χ1n) is 6.24. The molecular weight excluding hydrogens is 232 g/mol. The smallest absolute Gasteiger partial charge is 0.295 e. The molecule has 18 heavy (non-hydrogen) atoms. The third-order valence-electron chi connectivity index (χ3n) is 3.29. The first kappa shape index (κ1) is 12.9. The third kappa shape index (κ3) is 3.01. The second-order valence-electron chi connectivity index (χ2n) is 4.76. The van der Waals surface area contributed by atoms with Crippen molar-refractivity contribution in [3.63, 3.8) is 0 Å². The molecule has 0 spiro atoms. The van der Waals surface area contributed by atoms with Crippen LogP contribution < -0.4 is 15.6 Å². The minimum Gasteiger partial charge on any atom is -0.489 e. The summed E-state index contributed by atoms with van der Waals surface area (Å²) in [4.78, 5) is 20.4. The van der Waals surface area contributed by atoms with E-state index in [9.17, 15) is 4.79 Å². The van der Waals surface area contributed by atoms with Crippen molar-refractivity contribution in [1.29, 1.82) is 0 Å². The summed E-state index contributed by atoms with van der Waals surface area (Å²) in [5.41, 5.74) is -0.254. The fraction of sp³-hybridized carbons (Fsp3) is 0.667. The number of hydrogen-bond acceptors (Lipinski definition) is 5. The van der Waals surface area contributed by atoms with E-state index in [0.717, 1.165) is 13.1 Å². The highest BCUT2D eigenvalue weighted by atomic mass is 16.5. The average molecular weight is 252 g/mol. The second-order valence-corrected chi connectivity index (χ2v) is 4.76. The van der Waals surface area contributed by atoms with Crippen LogP contribution >= 0.6 is 0 Å². The summed E-state index contributed by atoms with van der Waals surface area (Å²) in [5, 5.41) is 3.21. The number of likely N-dealkylation sites (tertiary alicyclic amines) is 1. The molecule has 1 aliphatic heterocycles. The molecule has 0 aliphatic carbocycles. The molecule has 2 heterocycles. The number of H-pyrrole nitrogens is 1. The van der Waals surface area contributed by atoms with Crippen LogP contribution in [0.3, 0.4) is 0 Å². The molecule has 1 fully saturated rings. The number of nitrogens with one attached hydrogen (secondary N) is 2. The molecule has 6 nitrogen and oxygen atoms in total. The number of nitrogens with zero attached hydrogens (tertiary/aromatic N) is 2. The predicted octanol–water partition coefficient (Wildman–Crippen LogP) is 0.532. The van der Waals surface area contributed by atoms with Crippen molar-refractivity contribution >= 4 is 5.82 Å². The summed E-state index contributed by atoms with van der Waals surface area (Å²) in [6.07, 6.45) is 3.83. The minimum atomic E-state index is -0.254. The minimum absolute atomic E-state index is 0.252. The Labute approximate surface area is 106 Å². The van der Waals surface area contributed by atoms with E-state index < -0.39 is 0 Å². The van der Waals surface area contributed by atoms with E-state index in [4.69, 9.17) is 4.74 Å². The Balaban J connectivity index is 1.97. The molecule has 0 aromatic carbocycles. The van der Waals surface area contributed by atoms with E-state index in [2.05, 4.69) is 27.2 Å². The summed E-state index contributed by atoms with van der Waals surface area (Å²) < 4.78 is 5.06. The third-order valence-corrected chi connectivity index (χ3v) is 3.29. The van der Waals surface area contributed by atoms with Crippen LogP contribution in [0.2, 0.25) is 0 Å². The maximum Gasteiger partial charge on any atom is 0.295 e. The number of aromatic amines is 1. The zero-order chi connectivity index (χ0) is 13.0. The lowest BCUT2D eigenvalue weighted by Gasteiger charge is -2.29. The van der Waals surface area contributed by atoms with Crippen LogP contribution in [0, 0.1) is 5.92 Å². The molecule has 1 saturated heterocycles. The molecule has 1 unspecified atom stereocenters. The zero-order valence-electron chi connectivity index (χ0n) is 10.9. The highest BCUT2D eigenvalue weighted by molar-refractivity contribution is 5.47. The maximum absolute atomic E-state index is 11.5. The fourth-order valence-corrected chi connectivity index (χ4v) is 2.38. The summed E-state index contributed by atoms with van der Waals surface area (Å²) in [6.45, 7) is 3.07. The normalized spacial score (nSPS) is 20.7. The molecule has 6 heteroatoms. The Bertz CT molecular complexity index is 446. The van der Waals surface area contributed by atoms with Gasteiger partial charge in [0.15, 0.2) is 5.82 Å². The van der Waals surface area contributed by atoms with Gasteiger partial charge in [0.2, 0.25) is 5.75 Å². The molecular formula is C12H20N4O2. The van der Waals surface area contributed by atoms with Gasteiger partial charge in [-0.15, -0.1) is 0 Å². The zero-order valence-corrected chi connectivity index (χ0v) is 10.9. The Kier molecular flexibility index (Phi) is 4.19. The van der Waals surface area contributed by atoms with E-state index >= 15 is 0 Å². The fourth-order valence-electron chi connectivity index (χ4n) is 2.38. The van der Waals surface area contributed by atoms with Gasteiger partial charge in [-0.1, -0.05) is 0 Å². The first-order chi connectivity index (χ1) is 8.70. The monoisotopic (exact) mass is 252 g/mol. The van der Waals surface area contributed by atoms with Gasteiger partial charge in [0.25, 0.3) is 5.56 Å². The van der Waals surface area contributed by atoms with E-state index in [1.54, 1.807) is 0 Å². The number of anilines is 1. The number of ether oxygens (including phenoxy) is 1. The van der Waals surface area contributed by atoms with Crippen molar-refractivity contribution in [2.24, 2.45) is 5.92 Å². The van der Waals surface area contributed by atoms with E-state index in [1.807, 2.05) is 0 Å². The number of aromatic nitrogens is 2. The number of piperidine rings is 1. The topological polar surface area (TPSA) is 70.2 Å². The van der Waals surface area contributed by atoms with Gasteiger partial charge >= 0.3 is 0 Å².